The molecule has 0 aromatic heterocycles. The fourth-order valence-corrected chi connectivity index (χ4v) is 3.88. The molecule has 1 N–H and O–H groups in total. The van der Waals surface area contributed by atoms with E-state index in [9.17, 15) is 0 Å². The van der Waals surface area contributed by atoms with Gasteiger partial charge in [0, 0.05) is 6.54 Å². The quantitative estimate of drug-likeness (QED) is 0.735. The van der Waals surface area contributed by atoms with Crippen molar-refractivity contribution in [3.8, 4) is 0 Å². The van der Waals surface area contributed by atoms with Gasteiger partial charge >= 0.3 is 0 Å². The Bertz CT molecular complexity index is 461. The molecular weight excluding hydrogens is 242 g/mol. The van der Waals surface area contributed by atoms with E-state index in [0.29, 0.717) is 5.41 Å². The summed E-state index contributed by atoms with van der Waals surface area (Å²) in [6.07, 6.45) is 9.33. The van der Waals surface area contributed by atoms with Gasteiger partial charge in [-0.15, -0.1) is 0 Å². The van der Waals surface area contributed by atoms with Crippen LogP contribution in [0.15, 0.2) is 18.2 Å². The van der Waals surface area contributed by atoms with Crippen molar-refractivity contribution in [3.05, 3.63) is 34.9 Å². The molecule has 0 amide bonds. The van der Waals surface area contributed by atoms with E-state index < -0.39 is 0 Å². The van der Waals surface area contributed by atoms with Gasteiger partial charge in [0.15, 0.2) is 0 Å². The highest BCUT2D eigenvalue weighted by molar-refractivity contribution is 5.35. The zero-order valence-corrected chi connectivity index (χ0v) is 13.2. The van der Waals surface area contributed by atoms with Crippen LogP contribution >= 0.6 is 0 Å². The van der Waals surface area contributed by atoms with Crippen LogP contribution in [0.3, 0.4) is 0 Å². The third-order valence-electron chi connectivity index (χ3n) is 5.29. The number of nitrogens with one attached hydrogen (secondary N) is 1. The molecule has 0 heterocycles. The fourth-order valence-electron chi connectivity index (χ4n) is 3.88. The van der Waals surface area contributed by atoms with E-state index in [1.54, 1.807) is 16.7 Å². The average Bonchev–Trinajstić information content (AvgIpc) is 3.19. The first kappa shape index (κ1) is 14.1. The summed E-state index contributed by atoms with van der Waals surface area (Å²) in [6.45, 7) is 7.09. The van der Waals surface area contributed by atoms with Crippen molar-refractivity contribution in [2.45, 2.75) is 58.8 Å². The first-order valence-corrected chi connectivity index (χ1v) is 8.53. The van der Waals surface area contributed by atoms with E-state index in [-0.39, 0.29) is 0 Å². The lowest BCUT2D eigenvalue weighted by molar-refractivity contribution is 0.256. The minimum absolute atomic E-state index is 0.460. The normalized spacial score (nSPS) is 20.7. The predicted molar refractivity (Wildman–Crippen MR) is 86.2 cm³/mol. The van der Waals surface area contributed by atoms with Crippen LogP contribution in [0, 0.1) is 11.3 Å². The van der Waals surface area contributed by atoms with Gasteiger partial charge in [-0.3, -0.25) is 0 Å². The van der Waals surface area contributed by atoms with Gasteiger partial charge in [0.05, 0.1) is 0 Å². The molecule has 110 valence electrons. The Morgan fingerprint density at radius 2 is 2.00 bits per heavy atom. The summed E-state index contributed by atoms with van der Waals surface area (Å²) in [5.74, 6) is 0.945. The number of hydrogen-bond acceptors (Lipinski definition) is 1. The number of benzene rings is 1. The fraction of sp³-hybridized carbons (Fsp3) is 0.684. The third kappa shape index (κ3) is 3.09. The highest BCUT2D eigenvalue weighted by atomic mass is 14.9. The van der Waals surface area contributed by atoms with Crippen LogP contribution in [0.25, 0.3) is 0 Å². The van der Waals surface area contributed by atoms with Gasteiger partial charge < -0.3 is 5.32 Å². The summed E-state index contributed by atoms with van der Waals surface area (Å²) in [6, 6.07) is 7.29. The van der Waals surface area contributed by atoms with Crippen LogP contribution in [-0.2, 0) is 19.3 Å². The molecular formula is C19H29N. The molecule has 0 bridgehead atoms. The third-order valence-corrected chi connectivity index (χ3v) is 5.29. The molecule has 2 aliphatic rings. The highest BCUT2D eigenvalue weighted by Crippen LogP contribution is 2.47. The van der Waals surface area contributed by atoms with Crippen molar-refractivity contribution in [1.29, 1.82) is 0 Å². The minimum atomic E-state index is 0.460. The van der Waals surface area contributed by atoms with E-state index in [1.807, 2.05) is 0 Å². The summed E-state index contributed by atoms with van der Waals surface area (Å²) in [7, 11) is 0. The molecule has 20 heavy (non-hydrogen) atoms. The minimum Gasteiger partial charge on any atom is -0.316 e. The molecule has 1 nitrogen and oxygen atoms in total. The van der Waals surface area contributed by atoms with Crippen molar-refractivity contribution in [2.75, 3.05) is 13.1 Å². The number of fused-ring (bicyclic) bond motifs is 1. The van der Waals surface area contributed by atoms with Crippen LogP contribution in [0.5, 0.6) is 0 Å². The van der Waals surface area contributed by atoms with Crippen LogP contribution in [0.1, 0.15) is 56.2 Å². The molecule has 1 unspecified atom stereocenters. The maximum atomic E-state index is 3.67. The lowest BCUT2D eigenvalue weighted by Gasteiger charge is -2.30. The second kappa shape index (κ2) is 5.89. The van der Waals surface area contributed by atoms with Gasteiger partial charge in [-0.1, -0.05) is 32.0 Å². The lowest BCUT2D eigenvalue weighted by atomic mass is 9.78. The van der Waals surface area contributed by atoms with Gasteiger partial charge in [0.1, 0.15) is 0 Å². The van der Waals surface area contributed by atoms with E-state index in [1.165, 1.54) is 51.5 Å². The summed E-state index contributed by atoms with van der Waals surface area (Å²) in [4.78, 5) is 0. The maximum Gasteiger partial charge on any atom is 0.00110 e. The molecule has 1 saturated carbocycles. The Labute approximate surface area is 124 Å². The number of rotatable bonds is 7. The molecule has 3 rings (SSSR count). The molecule has 0 spiro atoms. The second-order valence-corrected chi connectivity index (χ2v) is 7.24. The predicted octanol–water partition coefficient (Wildman–Crippen LogP) is 4.13. The van der Waals surface area contributed by atoms with Gasteiger partial charge in [0.25, 0.3) is 0 Å². The first-order chi connectivity index (χ1) is 9.71. The van der Waals surface area contributed by atoms with Crippen molar-refractivity contribution < 1.29 is 0 Å². The van der Waals surface area contributed by atoms with Crippen molar-refractivity contribution >= 4 is 0 Å². The van der Waals surface area contributed by atoms with Gasteiger partial charge in [-0.2, -0.15) is 0 Å². The molecule has 0 saturated heterocycles. The van der Waals surface area contributed by atoms with Gasteiger partial charge in [-0.05, 0) is 79.5 Å². The highest BCUT2D eigenvalue weighted by Gasteiger charge is 2.41. The van der Waals surface area contributed by atoms with Crippen LogP contribution in [-0.4, -0.2) is 13.1 Å². The smallest absolute Gasteiger partial charge is 0.00110 e. The van der Waals surface area contributed by atoms with E-state index >= 15 is 0 Å². The van der Waals surface area contributed by atoms with Crippen molar-refractivity contribution in [1.82, 2.24) is 5.32 Å². The summed E-state index contributed by atoms with van der Waals surface area (Å²) >= 11 is 0. The number of aryl methyl sites for hydroxylation is 2. The van der Waals surface area contributed by atoms with Crippen molar-refractivity contribution in [3.63, 3.8) is 0 Å². The van der Waals surface area contributed by atoms with Crippen LogP contribution in [0.4, 0.5) is 0 Å². The zero-order valence-electron chi connectivity index (χ0n) is 13.2. The van der Waals surface area contributed by atoms with E-state index in [2.05, 4.69) is 37.4 Å². The Morgan fingerprint density at radius 1 is 1.20 bits per heavy atom. The Hall–Kier alpha value is -0.820. The molecule has 0 radical (unpaired) electrons. The lowest BCUT2D eigenvalue weighted by Crippen LogP contribution is -2.36. The van der Waals surface area contributed by atoms with Crippen molar-refractivity contribution in [2.24, 2.45) is 11.3 Å². The van der Waals surface area contributed by atoms with E-state index in [0.717, 1.165) is 12.5 Å². The SMILES string of the molecule is CCCNCC(C)(Cc1ccc2c(c1)CCC2)C1CC1. The van der Waals surface area contributed by atoms with Crippen LogP contribution in [0.2, 0.25) is 0 Å². The Morgan fingerprint density at radius 3 is 2.75 bits per heavy atom. The molecule has 1 atom stereocenters. The molecule has 1 heteroatoms. The molecule has 1 fully saturated rings. The zero-order chi connectivity index (χ0) is 14.0. The van der Waals surface area contributed by atoms with Gasteiger partial charge in [0.2, 0.25) is 0 Å². The standard InChI is InChI=1S/C19H29N/c1-3-11-20-14-19(2,18-9-10-18)13-15-7-8-16-5-4-6-17(16)12-15/h7-8,12,18,20H,3-6,9-11,13-14H2,1-2H3. The Kier molecular flexibility index (Phi) is 4.16. The summed E-state index contributed by atoms with van der Waals surface area (Å²) in [5, 5.41) is 3.67. The Balaban J connectivity index is 1.69. The first-order valence-electron chi connectivity index (χ1n) is 8.53. The maximum absolute atomic E-state index is 3.67. The summed E-state index contributed by atoms with van der Waals surface area (Å²) in [5.41, 5.74) is 5.26. The monoisotopic (exact) mass is 271 g/mol. The molecule has 1 aromatic rings. The van der Waals surface area contributed by atoms with E-state index in [4.69, 9.17) is 0 Å². The molecule has 2 aliphatic carbocycles. The second-order valence-electron chi connectivity index (χ2n) is 7.24. The molecule has 1 aromatic carbocycles. The number of hydrogen-bond donors (Lipinski definition) is 1. The summed E-state index contributed by atoms with van der Waals surface area (Å²) < 4.78 is 0. The molecule has 0 aliphatic heterocycles. The van der Waals surface area contributed by atoms with Gasteiger partial charge in [-0.25, -0.2) is 0 Å². The topological polar surface area (TPSA) is 12.0 Å². The largest absolute Gasteiger partial charge is 0.316 e. The average molecular weight is 271 g/mol. The van der Waals surface area contributed by atoms with Crippen LogP contribution < -0.4 is 5.32 Å².